The van der Waals surface area contributed by atoms with Gasteiger partial charge in [0.25, 0.3) is 0 Å². The lowest BCUT2D eigenvalue weighted by Crippen LogP contribution is -2.44. The Morgan fingerprint density at radius 1 is 1.33 bits per heavy atom. The minimum absolute atomic E-state index is 0.0424. The molecule has 0 aromatic heterocycles. The van der Waals surface area contributed by atoms with Crippen LogP contribution in [-0.4, -0.2) is 60.8 Å². The fraction of sp³-hybridized carbons (Fsp3) is 0.867. The predicted octanol–water partition coefficient (Wildman–Crippen LogP) is 0.683. The fourth-order valence-corrected chi connectivity index (χ4v) is 2.59. The third kappa shape index (κ3) is 7.43. The first kappa shape index (κ1) is 17.9. The molecule has 0 aliphatic carbocycles. The normalized spacial score (nSPS) is 19.8. The third-order valence-corrected chi connectivity index (χ3v) is 3.74. The van der Waals surface area contributed by atoms with E-state index in [4.69, 9.17) is 4.74 Å². The van der Waals surface area contributed by atoms with Gasteiger partial charge in [-0.05, 0) is 32.7 Å². The van der Waals surface area contributed by atoms with Gasteiger partial charge in [-0.3, -0.25) is 14.5 Å². The van der Waals surface area contributed by atoms with E-state index in [2.05, 4.69) is 10.2 Å². The molecule has 2 N–H and O–H groups in total. The lowest BCUT2D eigenvalue weighted by molar-refractivity contribution is -0.143. The van der Waals surface area contributed by atoms with Gasteiger partial charge in [-0.15, -0.1) is 0 Å². The molecule has 1 saturated heterocycles. The number of hydrogen-bond donors (Lipinski definition) is 2. The summed E-state index contributed by atoms with van der Waals surface area (Å²) in [6, 6.07) is 0.0952. The van der Waals surface area contributed by atoms with Gasteiger partial charge in [0.2, 0.25) is 5.91 Å². The van der Waals surface area contributed by atoms with Gasteiger partial charge >= 0.3 is 5.97 Å². The Balaban J connectivity index is 2.21. The minimum atomic E-state index is -0.223. The molecule has 0 aromatic rings. The summed E-state index contributed by atoms with van der Waals surface area (Å²) in [6.07, 6.45) is 5.22. The van der Waals surface area contributed by atoms with Gasteiger partial charge in [-0.2, -0.15) is 0 Å². The molecule has 1 heterocycles. The van der Waals surface area contributed by atoms with Gasteiger partial charge in [-0.1, -0.05) is 12.8 Å². The number of nitrogens with one attached hydrogen (secondary N) is 1. The van der Waals surface area contributed by atoms with E-state index in [1.54, 1.807) is 6.92 Å². The average Bonchev–Trinajstić information content (AvgIpc) is 2.69. The van der Waals surface area contributed by atoms with Crippen LogP contribution in [0.2, 0.25) is 0 Å². The third-order valence-electron chi connectivity index (χ3n) is 3.74. The lowest BCUT2D eigenvalue weighted by Gasteiger charge is -2.27. The molecule has 0 aromatic carbocycles. The first-order chi connectivity index (χ1) is 10.2. The summed E-state index contributed by atoms with van der Waals surface area (Å²) in [6.45, 7) is 3.94. The Morgan fingerprint density at radius 3 is 2.86 bits per heavy atom. The molecule has 1 aliphatic heterocycles. The van der Waals surface area contributed by atoms with Crippen LogP contribution in [0.4, 0.5) is 0 Å². The maximum atomic E-state index is 11.9. The van der Waals surface area contributed by atoms with Crippen molar-refractivity contribution in [1.82, 2.24) is 10.2 Å². The highest BCUT2D eigenvalue weighted by Crippen LogP contribution is 2.15. The number of likely N-dealkylation sites (tertiary alicyclic amines) is 1. The van der Waals surface area contributed by atoms with Crippen LogP contribution in [0.3, 0.4) is 0 Å². The molecule has 1 aliphatic rings. The lowest BCUT2D eigenvalue weighted by atomic mass is 10.1. The number of carbonyl (C=O) groups excluding carboxylic acids is 2. The predicted molar refractivity (Wildman–Crippen MR) is 79.8 cm³/mol. The topological polar surface area (TPSA) is 78.9 Å². The quantitative estimate of drug-likeness (QED) is 0.509. The van der Waals surface area contributed by atoms with Crippen molar-refractivity contribution in [3.8, 4) is 0 Å². The molecule has 0 radical (unpaired) electrons. The fourth-order valence-electron chi connectivity index (χ4n) is 2.59. The van der Waals surface area contributed by atoms with Crippen molar-refractivity contribution in [1.29, 1.82) is 0 Å². The van der Waals surface area contributed by atoms with E-state index in [1.165, 1.54) is 0 Å². The molecule has 122 valence electrons. The molecule has 21 heavy (non-hydrogen) atoms. The van der Waals surface area contributed by atoms with E-state index in [-0.39, 0.29) is 24.5 Å². The van der Waals surface area contributed by atoms with Gasteiger partial charge in [0.15, 0.2) is 0 Å². The summed E-state index contributed by atoms with van der Waals surface area (Å²) in [4.78, 5) is 25.1. The molecule has 6 nitrogen and oxygen atoms in total. The molecule has 1 amide bonds. The van der Waals surface area contributed by atoms with Crippen LogP contribution in [-0.2, 0) is 14.3 Å². The molecule has 6 heteroatoms. The number of rotatable bonds is 8. The molecule has 0 saturated carbocycles. The van der Waals surface area contributed by atoms with Gasteiger partial charge < -0.3 is 15.2 Å². The van der Waals surface area contributed by atoms with Crippen molar-refractivity contribution in [2.45, 2.75) is 51.5 Å². The molecule has 1 rings (SSSR count). The van der Waals surface area contributed by atoms with Crippen molar-refractivity contribution < 1.29 is 19.4 Å². The van der Waals surface area contributed by atoms with E-state index in [1.807, 2.05) is 0 Å². The van der Waals surface area contributed by atoms with Crippen LogP contribution < -0.4 is 5.32 Å². The zero-order chi connectivity index (χ0) is 15.5. The van der Waals surface area contributed by atoms with Crippen molar-refractivity contribution in [3.63, 3.8) is 0 Å². The van der Waals surface area contributed by atoms with Crippen LogP contribution in [0.15, 0.2) is 0 Å². The molecule has 1 atom stereocenters. The number of carbonyl (C=O) groups is 2. The molecule has 0 bridgehead atoms. The zero-order valence-electron chi connectivity index (χ0n) is 13.0. The first-order valence-corrected chi connectivity index (χ1v) is 7.94. The van der Waals surface area contributed by atoms with E-state index >= 15 is 0 Å². The van der Waals surface area contributed by atoms with Crippen molar-refractivity contribution in [2.75, 3.05) is 32.8 Å². The van der Waals surface area contributed by atoms with Crippen LogP contribution >= 0.6 is 0 Å². The standard InChI is InChI=1S/C15H28N2O4/c1-2-21-15(20)8-6-9-16-14(19)11-17-10-5-3-4-7-13(17)12-18/h13,18H,2-12H2,1H3,(H,16,19). The summed E-state index contributed by atoms with van der Waals surface area (Å²) in [5, 5.41) is 12.2. The summed E-state index contributed by atoms with van der Waals surface area (Å²) in [5.41, 5.74) is 0. The number of aliphatic hydroxyl groups is 1. The Kier molecular flexibility index (Phi) is 9.01. The second-order valence-corrected chi connectivity index (χ2v) is 5.41. The second kappa shape index (κ2) is 10.6. The summed E-state index contributed by atoms with van der Waals surface area (Å²) >= 11 is 0. The number of aliphatic hydroxyl groups excluding tert-OH is 1. The number of hydrogen-bond acceptors (Lipinski definition) is 5. The maximum Gasteiger partial charge on any atom is 0.305 e. The highest BCUT2D eigenvalue weighted by molar-refractivity contribution is 5.78. The summed E-state index contributed by atoms with van der Waals surface area (Å²) < 4.78 is 4.83. The Morgan fingerprint density at radius 2 is 2.14 bits per heavy atom. The second-order valence-electron chi connectivity index (χ2n) is 5.41. The van der Waals surface area contributed by atoms with E-state index in [0.29, 0.717) is 32.5 Å². The van der Waals surface area contributed by atoms with Crippen molar-refractivity contribution >= 4 is 11.9 Å². The molecule has 1 fully saturated rings. The monoisotopic (exact) mass is 300 g/mol. The number of ether oxygens (including phenoxy) is 1. The Bertz CT molecular complexity index is 323. The van der Waals surface area contributed by atoms with Crippen molar-refractivity contribution in [2.24, 2.45) is 0 Å². The van der Waals surface area contributed by atoms with Gasteiger partial charge in [-0.25, -0.2) is 0 Å². The highest BCUT2D eigenvalue weighted by Gasteiger charge is 2.22. The molecular formula is C15H28N2O4. The number of nitrogens with zero attached hydrogens (tertiary/aromatic N) is 1. The van der Waals surface area contributed by atoms with Crippen LogP contribution in [0, 0.1) is 0 Å². The van der Waals surface area contributed by atoms with E-state index in [0.717, 1.165) is 32.2 Å². The van der Waals surface area contributed by atoms with E-state index in [9.17, 15) is 14.7 Å². The van der Waals surface area contributed by atoms with Crippen LogP contribution in [0.25, 0.3) is 0 Å². The summed E-state index contributed by atoms with van der Waals surface area (Å²) in [5.74, 6) is -0.265. The average molecular weight is 300 g/mol. The first-order valence-electron chi connectivity index (χ1n) is 7.94. The summed E-state index contributed by atoms with van der Waals surface area (Å²) in [7, 11) is 0. The Hall–Kier alpha value is -1.14. The minimum Gasteiger partial charge on any atom is -0.466 e. The number of amides is 1. The largest absolute Gasteiger partial charge is 0.466 e. The zero-order valence-corrected chi connectivity index (χ0v) is 13.0. The maximum absolute atomic E-state index is 11.9. The van der Waals surface area contributed by atoms with Gasteiger partial charge in [0, 0.05) is 19.0 Å². The SMILES string of the molecule is CCOC(=O)CCCNC(=O)CN1CCCCCC1CO. The molecular weight excluding hydrogens is 272 g/mol. The van der Waals surface area contributed by atoms with Crippen LogP contribution in [0.5, 0.6) is 0 Å². The van der Waals surface area contributed by atoms with E-state index < -0.39 is 0 Å². The smallest absolute Gasteiger partial charge is 0.305 e. The molecule has 1 unspecified atom stereocenters. The Labute approximate surface area is 126 Å². The number of esters is 1. The van der Waals surface area contributed by atoms with Gasteiger partial charge in [0.1, 0.15) is 0 Å². The van der Waals surface area contributed by atoms with Crippen LogP contribution in [0.1, 0.15) is 45.4 Å². The van der Waals surface area contributed by atoms with Crippen molar-refractivity contribution in [3.05, 3.63) is 0 Å². The molecule has 0 spiro atoms. The van der Waals surface area contributed by atoms with Gasteiger partial charge in [0.05, 0.1) is 19.8 Å². The highest BCUT2D eigenvalue weighted by atomic mass is 16.5.